The third kappa shape index (κ3) is 4.70. The summed E-state index contributed by atoms with van der Waals surface area (Å²) >= 11 is 0. The van der Waals surface area contributed by atoms with Crippen LogP contribution < -0.4 is 0 Å². The highest BCUT2D eigenvalue weighted by molar-refractivity contribution is 5.99. The number of H-pyrrole nitrogens is 1. The predicted molar refractivity (Wildman–Crippen MR) is 101 cm³/mol. The number of nitrogens with one attached hydrogen (secondary N) is 1. The number of rotatable bonds is 6. The number of ether oxygens (including phenoxy) is 2. The summed E-state index contributed by atoms with van der Waals surface area (Å²) in [6, 6.07) is 0.207. The summed E-state index contributed by atoms with van der Waals surface area (Å²) in [5.74, 6) is -1.33. The Labute approximate surface area is 160 Å². The molecule has 7 nitrogen and oxygen atoms in total. The first-order valence-corrected chi connectivity index (χ1v) is 9.61. The van der Waals surface area contributed by atoms with Crippen molar-refractivity contribution in [3.05, 3.63) is 22.5 Å². The Bertz CT molecular complexity index is 703. The zero-order valence-corrected chi connectivity index (χ0v) is 16.9. The highest BCUT2D eigenvalue weighted by atomic mass is 16.5. The van der Waals surface area contributed by atoms with E-state index in [0.717, 1.165) is 25.7 Å². The fourth-order valence-corrected chi connectivity index (χ4v) is 3.67. The predicted octanol–water partition coefficient (Wildman–Crippen LogP) is 3.14. The number of carbonyl (C=O) groups is 3. The first-order chi connectivity index (χ1) is 12.8. The second kappa shape index (κ2) is 9.06. The van der Waals surface area contributed by atoms with E-state index in [0.29, 0.717) is 11.3 Å². The van der Waals surface area contributed by atoms with Crippen molar-refractivity contribution in [3.63, 3.8) is 0 Å². The van der Waals surface area contributed by atoms with E-state index in [1.807, 2.05) is 0 Å². The summed E-state index contributed by atoms with van der Waals surface area (Å²) < 4.78 is 10.4. The number of carbonyl (C=O) groups excluding carboxylic acids is 3. The Morgan fingerprint density at radius 2 is 1.78 bits per heavy atom. The van der Waals surface area contributed by atoms with Gasteiger partial charge in [-0.2, -0.15) is 0 Å². The molecule has 0 aromatic carbocycles. The Kier molecular flexibility index (Phi) is 7.05. The van der Waals surface area contributed by atoms with Gasteiger partial charge in [-0.3, -0.25) is 4.79 Å². The number of hydrogen-bond acceptors (Lipinski definition) is 5. The minimum Gasteiger partial charge on any atom is -0.461 e. The maximum absolute atomic E-state index is 12.6. The monoisotopic (exact) mass is 378 g/mol. The van der Waals surface area contributed by atoms with Crippen LogP contribution in [0.15, 0.2) is 0 Å². The normalized spacial score (nSPS) is 15.9. The first-order valence-electron chi connectivity index (χ1n) is 9.61. The maximum atomic E-state index is 12.6. The van der Waals surface area contributed by atoms with Crippen LogP contribution in [0.1, 0.15) is 78.1 Å². The van der Waals surface area contributed by atoms with Gasteiger partial charge in [0.25, 0.3) is 5.91 Å². The van der Waals surface area contributed by atoms with Crippen LogP contribution in [0.5, 0.6) is 0 Å². The van der Waals surface area contributed by atoms with E-state index < -0.39 is 18.0 Å². The van der Waals surface area contributed by atoms with Gasteiger partial charge in [-0.05, 0) is 46.1 Å². The van der Waals surface area contributed by atoms with Crippen LogP contribution in [0.2, 0.25) is 0 Å². The molecule has 2 rings (SSSR count). The Morgan fingerprint density at radius 1 is 1.15 bits per heavy atom. The summed E-state index contributed by atoms with van der Waals surface area (Å²) in [7, 11) is 1.77. The zero-order valence-electron chi connectivity index (χ0n) is 16.9. The molecule has 27 heavy (non-hydrogen) atoms. The molecule has 1 aromatic heterocycles. The lowest BCUT2D eigenvalue weighted by atomic mass is 9.94. The van der Waals surface area contributed by atoms with Crippen molar-refractivity contribution in [3.8, 4) is 0 Å². The standard InChI is InChI=1S/C20H30N2O5/c1-6-26-20(25)17-12(2)16(13(3)21-17)19(24)27-14(4)18(23)22(5)15-10-8-7-9-11-15/h14-15,21H,6-11H2,1-5H3/t14-/m0/s1. The van der Waals surface area contributed by atoms with E-state index in [4.69, 9.17) is 9.47 Å². The van der Waals surface area contributed by atoms with Gasteiger partial charge in [0.05, 0.1) is 12.2 Å². The number of aromatic nitrogens is 1. The lowest BCUT2D eigenvalue weighted by Crippen LogP contribution is -2.44. The first kappa shape index (κ1) is 21.0. The average Bonchev–Trinajstić information content (AvgIpc) is 2.95. The molecule has 1 atom stereocenters. The molecule has 150 valence electrons. The van der Waals surface area contributed by atoms with E-state index in [1.54, 1.807) is 39.6 Å². The molecule has 0 bridgehead atoms. The Morgan fingerprint density at radius 3 is 2.37 bits per heavy atom. The van der Waals surface area contributed by atoms with Gasteiger partial charge >= 0.3 is 11.9 Å². The molecule has 1 fully saturated rings. The van der Waals surface area contributed by atoms with Crippen LogP contribution in [-0.4, -0.2) is 53.5 Å². The van der Waals surface area contributed by atoms with Crippen LogP contribution in [0.3, 0.4) is 0 Å². The molecule has 0 unspecified atom stereocenters. The van der Waals surface area contributed by atoms with E-state index in [9.17, 15) is 14.4 Å². The molecule has 0 saturated heterocycles. The molecule has 0 radical (unpaired) electrons. The number of nitrogens with zero attached hydrogens (tertiary/aromatic N) is 1. The smallest absolute Gasteiger partial charge is 0.355 e. The van der Waals surface area contributed by atoms with E-state index in [1.165, 1.54) is 6.42 Å². The molecule has 1 N–H and O–H groups in total. The van der Waals surface area contributed by atoms with Gasteiger partial charge in [-0.1, -0.05) is 19.3 Å². The number of aryl methyl sites for hydroxylation is 1. The van der Waals surface area contributed by atoms with Crippen molar-refractivity contribution in [2.75, 3.05) is 13.7 Å². The summed E-state index contributed by atoms with van der Waals surface area (Å²) in [5.41, 5.74) is 1.50. The van der Waals surface area contributed by atoms with Crippen molar-refractivity contribution < 1.29 is 23.9 Å². The highest BCUT2D eigenvalue weighted by Gasteiger charge is 2.30. The van der Waals surface area contributed by atoms with Gasteiger partial charge in [0.15, 0.2) is 6.10 Å². The molecule has 0 aliphatic heterocycles. The van der Waals surface area contributed by atoms with Gasteiger partial charge in [0.2, 0.25) is 0 Å². The van der Waals surface area contributed by atoms with E-state index in [2.05, 4.69) is 4.98 Å². The van der Waals surface area contributed by atoms with Crippen LogP contribution in [0.25, 0.3) is 0 Å². The number of esters is 2. The SMILES string of the molecule is CCOC(=O)c1[nH]c(C)c(C(=O)O[C@@H](C)C(=O)N(C)C2CCCCC2)c1C. The fraction of sp³-hybridized carbons (Fsp3) is 0.650. The van der Waals surface area contributed by atoms with Crippen LogP contribution in [-0.2, 0) is 14.3 Å². The van der Waals surface area contributed by atoms with Gasteiger partial charge in [-0.15, -0.1) is 0 Å². The topological polar surface area (TPSA) is 88.7 Å². The quantitative estimate of drug-likeness (QED) is 0.768. The summed E-state index contributed by atoms with van der Waals surface area (Å²) in [6.07, 6.45) is 4.54. The summed E-state index contributed by atoms with van der Waals surface area (Å²) in [4.78, 5) is 41.8. The average molecular weight is 378 g/mol. The van der Waals surface area contributed by atoms with Crippen LogP contribution in [0, 0.1) is 13.8 Å². The van der Waals surface area contributed by atoms with E-state index in [-0.39, 0.29) is 29.8 Å². The molecular formula is C20H30N2O5. The van der Waals surface area contributed by atoms with Gasteiger partial charge < -0.3 is 19.4 Å². The maximum Gasteiger partial charge on any atom is 0.355 e. The molecule has 1 saturated carbocycles. The number of likely N-dealkylation sites (N-methyl/N-ethyl adjacent to an activating group) is 1. The van der Waals surface area contributed by atoms with Crippen molar-refractivity contribution >= 4 is 17.8 Å². The summed E-state index contributed by atoms with van der Waals surface area (Å²) in [6.45, 7) is 6.90. The van der Waals surface area contributed by atoms with E-state index >= 15 is 0 Å². The Balaban J connectivity index is 2.07. The highest BCUT2D eigenvalue weighted by Crippen LogP contribution is 2.23. The Hall–Kier alpha value is -2.31. The lowest BCUT2D eigenvalue weighted by Gasteiger charge is -2.32. The van der Waals surface area contributed by atoms with Crippen LogP contribution >= 0.6 is 0 Å². The third-order valence-electron chi connectivity index (χ3n) is 5.22. The van der Waals surface area contributed by atoms with Gasteiger partial charge in [-0.25, -0.2) is 9.59 Å². The largest absolute Gasteiger partial charge is 0.461 e. The zero-order chi connectivity index (χ0) is 20.1. The molecule has 1 aliphatic rings. The molecule has 0 spiro atoms. The lowest BCUT2D eigenvalue weighted by molar-refractivity contribution is -0.141. The molecule has 1 aromatic rings. The minimum atomic E-state index is -0.885. The number of hydrogen-bond donors (Lipinski definition) is 1. The second-order valence-electron chi connectivity index (χ2n) is 7.13. The third-order valence-corrected chi connectivity index (χ3v) is 5.22. The number of aromatic amines is 1. The molecule has 7 heteroatoms. The molecule has 1 heterocycles. The molecular weight excluding hydrogens is 348 g/mol. The van der Waals surface area contributed by atoms with Crippen molar-refractivity contribution in [1.82, 2.24) is 9.88 Å². The van der Waals surface area contributed by atoms with Gasteiger partial charge in [0.1, 0.15) is 5.69 Å². The van der Waals surface area contributed by atoms with Crippen molar-refractivity contribution in [2.24, 2.45) is 0 Å². The fourth-order valence-electron chi connectivity index (χ4n) is 3.67. The molecule has 1 amide bonds. The second-order valence-corrected chi connectivity index (χ2v) is 7.13. The minimum absolute atomic E-state index is 0.202. The van der Waals surface area contributed by atoms with Crippen molar-refractivity contribution in [2.45, 2.75) is 71.9 Å². The molecule has 1 aliphatic carbocycles. The number of amides is 1. The van der Waals surface area contributed by atoms with Crippen molar-refractivity contribution in [1.29, 1.82) is 0 Å². The summed E-state index contributed by atoms with van der Waals surface area (Å²) in [5, 5.41) is 0. The van der Waals surface area contributed by atoms with Gasteiger partial charge in [0, 0.05) is 18.8 Å². The van der Waals surface area contributed by atoms with Crippen LogP contribution in [0.4, 0.5) is 0 Å².